The highest BCUT2D eigenvalue weighted by Crippen LogP contribution is 2.34. The molecule has 0 spiro atoms. The topological polar surface area (TPSA) is 70.9 Å². The minimum absolute atomic E-state index is 0.141. The van der Waals surface area contributed by atoms with Crippen molar-refractivity contribution in [3.05, 3.63) is 5.56 Å². The molecule has 2 N–H and O–H groups in total. The van der Waals surface area contributed by atoms with Crippen LogP contribution in [0.1, 0.15) is 43.7 Å². The molecule has 0 radical (unpaired) electrons. The van der Waals surface area contributed by atoms with Gasteiger partial charge in [-0.05, 0) is 12.8 Å². The van der Waals surface area contributed by atoms with Crippen LogP contribution in [0.5, 0.6) is 0 Å². The molecule has 0 aliphatic heterocycles. The largest absolute Gasteiger partial charge is 0.390 e. The zero-order chi connectivity index (χ0) is 15.6. The Balaban J connectivity index is 2.22. The summed E-state index contributed by atoms with van der Waals surface area (Å²) in [6.07, 6.45) is -1.17. The Hall–Kier alpha value is -1.91. The van der Waals surface area contributed by atoms with E-state index in [0.29, 0.717) is 0 Å². The molecule has 0 aromatic carbocycles. The van der Waals surface area contributed by atoms with E-state index in [2.05, 4.69) is 5.10 Å². The molecule has 116 valence electrons. The first-order valence-electron chi connectivity index (χ1n) is 6.89. The summed E-state index contributed by atoms with van der Waals surface area (Å²) >= 11 is 0. The molecule has 2 rings (SSSR count). The number of aromatic nitrogens is 2. The molecule has 8 heteroatoms. The standard InChI is InChI=1S/C13H18F3N5/c1-20(7-6-13(14,15)16)12-10(8-17)11(18)21(19-12)9-4-2-3-5-9/h9H,2-7,18H2,1H3. The molecular weight excluding hydrogens is 283 g/mol. The molecule has 0 amide bonds. The molecule has 1 fully saturated rings. The van der Waals surface area contributed by atoms with Gasteiger partial charge in [0.05, 0.1) is 12.5 Å². The number of alkyl halides is 3. The van der Waals surface area contributed by atoms with Crippen molar-refractivity contribution < 1.29 is 13.2 Å². The Bertz CT molecular complexity index is 537. The maximum absolute atomic E-state index is 12.3. The zero-order valence-electron chi connectivity index (χ0n) is 11.8. The fourth-order valence-corrected chi connectivity index (χ4v) is 2.64. The molecule has 0 unspecified atom stereocenters. The number of nitrogen functional groups attached to an aromatic ring is 1. The maximum atomic E-state index is 12.3. The highest BCUT2D eigenvalue weighted by atomic mass is 19.4. The van der Waals surface area contributed by atoms with Gasteiger partial charge in [-0.1, -0.05) is 12.8 Å². The van der Waals surface area contributed by atoms with Crippen LogP contribution in [0.4, 0.5) is 24.8 Å². The normalized spacial score (nSPS) is 16.1. The molecule has 0 atom stereocenters. The first-order chi connectivity index (χ1) is 9.83. The number of halogens is 3. The van der Waals surface area contributed by atoms with Gasteiger partial charge in [-0.2, -0.15) is 23.5 Å². The molecule has 1 aromatic rings. The Kier molecular flexibility index (Phi) is 4.30. The van der Waals surface area contributed by atoms with E-state index < -0.39 is 12.6 Å². The van der Waals surface area contributed by atoms with Gasteiger partial charge in [0.1, 0.15) is 17.5 Å². The lowest BCUT2D eigenvalue weighted by molar-refractivity contribution is -0.132. The quantitative estimate of drug-likeness (QED) is 0.928. The highest BCUT2D eigenvalue weighted by molar-refractivity contribution is 5.64. The van der Waals surface area contributed by atoms with E-state index in [9.17, 15) is 18.4 Å². The van der Waals surface area contributed by atoms with Crippen LogP contribution in [-0.2, 0) is 0 Å². The van der Waals surface area contributed by atoms with Gasteiger partial charge in [-0.25, -0.2) is 4.68 Å². The van der Waals surface area contributed by atoms with Crippen molar-refractivity contribution in [2.75, 3.05) is 24.2 Å². The molecular formula is C13H18F3N5. The second-order valence-electron chi connectivity index (χ2n) is 5.37. The molecule has 1 aromatic heterocycles. The highest BCUT2D eigenvalue weighted by Gasteiger charge is 2.30. The van der Waals surface area contributed by atoms with Gasteiger partial charge >= 0.3 is 6.18 Å². The van der Waals surface area contributed by atoms with Crippen LogP contribution in [0.2, 0.25) is 0 Å². The summed E-state index contributed by atoms with van der Waals surface area (Å²) in [6, 6.07) is 2.10. The number of hydrogen-bond donors (Lipinski definition) is 1. The van der Waals surface area contributed by atoms with E-state index in [1.54, 1.807) is 4.68 Å². The summed E-state index contributed by atoms with van der Waals surface area (Å²) in [5.74, 6) is 0.476. The molecule has 5 nitrogen and oxygen atoms in total. The van der Waals surface area contributed by atoms with Crippen molar-refractivity contribution in [1.82, 2.24) is 9.78 Å². The lowest BCUT2D eigenvalue weighted by atomic mass is 10.2. The monoisotopic (exact) mass is 301 g/mol. The van der Waals surface area contributed by atoms with Crippen molar-refractivity contribution in [2.45, 2.75) is 44.3 Å². The van der Waals surface area contributed by atoms with Crippen LogP contribution in [0.25, 0.3) is 0 Å². The number of rotatable bonds is 4. The average Bonchev–Trinajstić information content (AvgIpc) is 3.02. The van der Waals surface area contributed by atoms with Gasteiger partial charge < -0.3 is 10.6 Å². The van der Waals surface area contributed by atoms with E-state index in [-0.39, 0.29) is 29.8 Å². The summed E-state index contributed by atoms with van der Waals surface area (Å²) in [7, 11) is 1.49. The third-order valence-corrected chi connectivity index (χ3v) is 3.80. The smallest absolute Gasteiger partial charge is 0.383 e. The molecule has 1 saturated carbocycles. The van der Waals surface area contributed by atoms with E-state index >= 15 is 0 Å². The van der Waals surface area contributed by atoms with E-state index in [0.717, 1.165) is 25.7 Å². The first-order valence-corrected chi connectivity index (χ1v) is 6.89. The number of hydrogen-bond acceptors (Lipinski definition) is 4. The van der Waals surface area contributed by atoms with Gasteiger partial charge in [0.2, 0.25) is 0 Å². The van der Waals surface area contributed by atoms with Crippen LogP contribution in [0, 0.1) is 11.3 Å². The number of nitrogens with zero attached hydrogens (tertiary/aromatic N) is 4. The molecule has 21 heavy (non-hydrogen) atoms. The SMILES string of the molecule is CN(CCC(F)(F)F)c1nn(C2CCCC2)c(N)c1C#N. The predicted molar refractivity (Wildman–Crippen MR) is 72.8 cm³/mol. The molecule has 1 heterocycles. The zero-order valence-corrected chi connectivity index (χ0v) is 11.8. The predicted octanol–water partition coefficient (Wildman–Crippen LogP) is 2.84. The number of nitriles is 1. The van der Waals surface area contributed by atoms with Gasteiger partial charge in [-0.3, -0.25) is 0 Å². The Morgan fingerprint density at radius 1 is 1.43 bits per heavy atom. The van der Waals surface area contributed by atoms with Crippen molar-refractivity contribution in [3.8, 4) is 6.07 Å². The third-order valence-electron chi connectivity index (χ3n) is 3.80. The van der Waals surface area contributed by atoms with Crippen LogP contribution in [-0.4, -0.2) is 29.5 Å². The lowest BCUT2D eigenvalue weighted by Crippen LogP contribution is -2.25. The third kappa shape index (κ3) is 3.40. The van der Waals surface area contributed by atoms with Gasteiger partial charge in [0.15, 0.2) is 5.82 Å². The number of nitrogens with two attached hydrogens (primary N) is 1. The van der Waals surface area contributed by atoms with E-state index in [4.69, 9.17) is 5.73 Å². The second kappa shape index (κ2) is 5.84. The maximum Gasteiger partial charge on any atom is 0.390 e. The molecule has 1 aliphatic rings. The summed E-state index contributed by atoms with van der Waals surface area (Å²) in [5.41, 5.74) is 6.10. The Labute approximate surface area is 121 Å². The van der Waals surface area contributed by atoms with Crippen LogP contribution < -0.4 is 10.6 Å². The molecule has 1 aliphatic carbocycles. The van der Waals surface area contributed by atoms with Crippen molar-refractivity contribution >= 4 is 11.6 Å². The summed E-state index contributed by atoms with van der Waals surface area (Å²) < 4.78 is 38.5. The summed E-state index contributed by atoms with van der Waals surface area (Å²) in [6.45, 7) is -0.251. The Morgan fingerprint density at radius 3 is 2.57 bits per heavy atom. The molecule has 0 bridgehead atoms. The Morgan fingerprint density at radius 2 is 2.05 bits per heavy atom. The van der Waals surface area contributed by atoms with Crippen molar-refractivity contribution in [2.24, 2.45) is 0 Å². The van der Waals surface area contributed by atoms with Crippen LogP contribution in [0.15, 0.2) is 0 Å². The first kappa shape index (κ1) is 15.5. The summed E-state index contributed by atoms with van der Waals surface area (Å²) in [4.78, 5) is 1.34. The minimum Gasteiger partial charge on any atom is -0.383 e. The van der Waals surface area contributed by atoms with E-state index in [1.807, 2.05) is 6.07 Å². The van der Waals surface area contributed by atoms with Gasteiger partial charge in [0.25, 0.3) is 0 Å². The molecule has 0 saturated heterocycles. The van der Waals surface area contributed by atoms with Crippen LogP contribution in [0.3, 0.4) is 0 Å². The average molecular weight is 301 g/mol. The van der Waals surface area contributed by atoms with Gasteiger partial charge in [0, 0.05) is 13.6 Å². The fraction of sp³-hybridized carbons (Fsp3) is 0.692. The fourth-order valence-electron chi connectivity index (χ4n) is 2.64. The number of anilines is 2. The van der Waals surface area contributed by atoms with Crippen molar-refractivity contribution in [1.29, 1.82) is 5.26 Å². The minimum atomic E-state index is -4.24. The van der Waals surface area contributed by atoms with Gasteiger partial charge in [-0.15, -0.1) is 0 Å². The summed E-state index contributed by atoms with van der Waals surface area (Å²) in [5, 5.41) is 13.5. The lowest BCUT2D eigenvalue weighted by Gasteiger charge is -2.17. The second-order valence-corrected chi connectivity index (χ2v) is 5.37. The van der Waals surface area contributed by atoms with Crippen LogP contribution >= 0.6 is 0 Å². The van der Waals surface area contributed by atoms with E-state index in [1.165, 1.54) is 11.9 Å². The van der Waals surface area contributed by atoms with Crippen molar-refractivity contribution in [3.63, 3.8) is 0 Å².